The zero-order chi connectivity index (χ0) is 18.8. The molecule has 27 heavy (non-hydrogen) atoms. The van der Waals surface area contributed by atoms with Crippen LogP contribution >= 0.6 is 0 Å². The highest BCUT2D eigenvalue weighted by Gasteiger charge is 2.20. The third-order valence-electron chi connectivity index (χ3n) is 5.39. The highest BCUT2D eigenvalue weighted by atomic mass is 16.1. The van der Waals surface area contributed by atoms with Gasteiger partial charge >= 0.3 is 0 Å². The highest BCUT2D eigenvalue weighted by molar-refractivity contribution is 5.94. The van der Waals surface area contributed by atoms with Gasteiger partial charge in [-0.1, -0.05) is 54.6 Å². The number of carbonyl (C=O) groups is 1. The van der Waals surface area contributed by atoms with Crippen molar-refractivity contribution < 1.29 is 4.79 Å². The van der Waals surface area contributed by atoms with E-state index < -0.39 is 5.91 Å². The number of primary amides is 1. The van der Waals surface area contributed by atoms with Gasteiger partial charge in [-0.3, -0.25) is 4.79 Å². The molecule has 0 aliphatic heterocycles. The van der Waals surface area contributed by atoms with Crippen molar-refractivity contribution in [1.82, 2.24) is 5.32 Å². The van der Waals surface area contributed by atoms with Gasteiger partial charge in [0.25, 0.3) is 0 Å². The first kappa shape index (κ1) is 17.5. The number of benzene rings is 3. The van der Waals surface area contributed by atoms with E-state index in [1.807, 2.05) is 18.2 Å². The maximum atomic E-state index is 11.4. The van der Waals surface area contributed by atoms with Gasteiger partial charge in [-0.25, -0.2) is 0 Å². The Labute approximate surface area is 160 Å². The quantitative estimate of drug-likeness (QED) is 0.725. The van der Waals surface area contributed by atoms with Gasteiger partial charge in [0.2, 0.25) is 5.91 Å². The van der Waals surface area contributed by atoms with Gasteiger partial charge in [0.15, 0.2) is 0 Å². The van der Waals surface area contributed by atoms with Gasteiger partial charge in [-0.05, 0) is 65.3 Å². The van der Waals surface area contributed by atoms with E-state index in [-0.39, 0.29) is 0 Å². The fourth-order valence-electron chi connectivity index (χ4n) is 3.97. The summed E-state index contributed by atoms with van der Waals surface area (Å²) in [5, 5.41) is 3.69. The summed E-state index contributed by atoms with van der Waals surface area (Å²) in [6.45, 7) is 2.97. The van der Waals surface area contributed by atoms with E-state index in [1.54, 1.807) is 6.07 Å². The van der Waals surface area contributed by atoms with Crippen LogP contribution in [0.2, 0.25) is 0 Å². The fraction of sp³-hybridized carbons (Fsp3) is 0.208. The summed E-state index contributed by atoms with van der Waals surface area (Å²) in [6, 6.07) is 23.2. The first-order chi connectivity index (χ1) is 13.1. The predicted molar refractivity (Wildman–Crippen MR) is 110 cm³/mol. The number of carbonyl (C=O) groups excluding carboxylic acids is 1. The standard InChI is InChI=1S/C24H24N2O/c1-16-11-17(15-26-22-13-18-5-2-3-6-19(18)14-22)9-10-23(16)20-7-4-8-21(12-20)24(25)27/h2-12,22,26H,13-15H2,1H3,(H2,25,27). The number of amides is 1. The summed E-state index contributed by atoms with van der Waals surface area (Å²) in [4.78, 5) is 11.4. The molecular weight excluding hydrogens is 332 g/mol. The van der Waals surface area contributed by atoms with Gasteiger partial charge in [0.05, 0.1) is 0 Å². The molecule has 0 unspecified atom stereocenters. The molecule has 3 aromatic rings. The minimum atomic E-state index is -0.395. The number of hydrogen-bond acceptors (Lipinski definition) is 2. The Balaban J connectivity index is 1.45. The van der Waals surface area contributed by atoms with E-state index in [1.165, 1.54) is 22.3 Å². The van der Waals surface area contributed by atoms with Crippen LogP contribution in [0.3, 0.4) is 0 Å². The number of rotatable bonds is 5. The van der Waals surface area contributed by atoms with Crippen LogP contribution in [0.4, 0.5) is 0 Å². The van der Waals surface area contributed by atoms with Crippen LogP contribution in [0.25, 0.3) is 11.1 Å². The van der Waals surface area contributed by atoms with Crippen LogP contribution in [0, 0.1) is 6.92 Å². The summed E-state index contributed by atoms with van der Waals surface area (Å²) >= 11 is 0. The molecule has 3 aromatic carbocycles. The fourth-order valence-corrected chi connectivity index (χ4v) is 3.97. The molecule has 3 N–H and O–H groups in total. The van der Waals surface area contributed by atoms with Crippen LogP contribution in [-0.2, 0) is 19.4 Å². The molecule has 0 bridgehead atoms. The zero-order valence-electron chi connectivity index (χ0n) is 15.5. The van der Waals surface area contributed by atoms with Crippen LogP contribution < -0.4 is 11.1 Å². The summed E-state index contributed by atoms with van der Waals surface area (Å²) < 4.78 is 0. The Kier molecular flexibility index (Phi) is 4.78. The lowest BCUT2D eigenvalue weighted by atomic mass is 9.97. The van der Waals surface area contributed by atoms with Crippen LogP contribution in [0.1, 0.15) is 32.6 Å². The number of fused-ring (bicyclic) bond motifs is 1. The molecule has 4 rings (SSSR count). The Morgan fingerprint density at radius 2 is 1.74 bits per heavy atom. The van der Waals surface area contributed by atoms with Crippen molar-refractivity contribution in [2.45, 2.75) is 32.4 Å². The van der Waals surface area contributed by atoms with Crippen molar-refractivity contribution in [3.63, 3.8) is 0 Å². The molecular formula is C24H24N2O. The van der Waals surface area contributed by atoms with E-state index >= 15 is 0 Å². The minimum Gasteiger partial charge on any atom is -0.366 e. The van der Waals surface area contributed by atoms with Gasteiger partial charge in [0, 0.05) is 18.2 Å². The SMILES string of the molecule is Cc1cc(CNC2Cc3ccccc3C2)ccc1-c1cccc(C(N)=O)c1. The molecule has 3 nitrogen and oxygen atoms in total. The van der Waals surface area contributed by atoms with Crippen LogP contribution in [0.15, 0.2) is 66.7 Å². The first-order valence-corrected chi connectivity index (χ1v) is 9.40. The molecule has 3 heteroatoms. The minimum absolute atomic E-state index is 0.395. The third kappa shape index (κ3) is 3.79. The van der Waals surface area contributed by atoms with Crippen molar-refractivity contribution >= 4 is 5.91 Å². The number of nitrogens with two attached hydrogens (primary N) is 1. The summed E-state index contributed by atoms with van der Waals surface area (Å²) in [5.41, 5.74) is 13.5. The van der Waals surface area contributed by atoms with E-state index in [4.69, 9.17) is 5.73 Å². The molecule has 0 radical (unpaired) electrons. The second-order valence-electron chi connectivity index (χ2n) is 7.35. The number of hydrogen-bond donors (Lipinski definition) is 2. The van der Waals surface area contributed by atoms with Crippen LogP contribution in [-0.4, -0.2) is 11.9 Å². The normalized spacial score (nSPS) is 13.5. The Morgan fingerprint density at radius 3 is 2.41 bits per heavy atom. The molecule has 1 aliphatic rings. The lowest BCUT2D eigenvalue weighted by Gasteiger charge is -2.14. The summed E-state index contributed by atoms with van der Waals surface area (Å²) in [6.07, 6.45) is 2.21. The van der Waals surface area contributed by atoms with Gasteiger partial charge in [-0.15, -0.1) is 0 Å². The highest BCUT2D eigenvalue weighted by Crippen LogP contribution is 2.26. The number of aryl methyl sites for hydroxylation is 1. The Hall–Kier alpha value is -2.91. The second kappa shape index (κ2) is 7.37. The van der Waals surface area contributed by atoms with Gasteiger partial charge < -0.3 is 11.1 Å². The predicted octanol–water partition coefficient (Wildman–Crippen LogP) is 4.02. The molecule has 0 heterocycles. The Morgan fingerprint density at radius 1 is 1.00 bits per heavy atom. The van der Waals surface area contributed by atoms with Crippen LogP contribution in [0.5, 0.6) is 0 Å². The number of nitrogens with one attached hydrogen (secondary N) is 1. The molecule has 1 amide bonds. The molecule has 0 atom stereocenters. The van der Waals surface area contributed by atoms with E-state index in [0.717, 1.165) is 30.5 Å². The topological polar surface area (TPSA) is 55.1 Å². The molecule has 0 saturated heterocycles. The van der Waals surface area contributed by atoms with Crippen molar-refractivity contribution in [1.29, 1.82) is 0 Å². The molecule has 1 aliphatic carbocycles. The van der Waals surface area contributed by atoms with Gasteiger partial charge in [0.1, 0.15) is 0 Å². The van der Waals surface area contributed by atoms with Crippen molar-refractivity contribution in [3.8, 4) is 11.1 Å². The van der Waals surface area contributed by atoms with Crippen molar-refractivity contribution in [3.05, 3.63) is 94.5 Å². The maximum Gasteiger partial charge on any atom is 0.248 e. The molecule has 0 aromatic heterocycles. The monoisotopic (exact) mass is 356 g/mol. The lowest BCUT2D eigenvalue weighted by molar-refractivity contribution is 0.100. The molecule has 0 spiro atoms. The summed E-state index contributed by atoms with van der Waals surface area (Å²) in [5.74, 6) is -0.395. The van der Waals surface area contributed by atoms with E-state index in [2.05, 4.69) is 54.7 Å². The molecule has 136 valence electrons. The van der Waals surface area contributed by atoms with E-state index in [0.29, 0.717) is 11.6 Å². The third-order valence-corrected chi connectivity index (χ3v) is 5.39. The van der Waals surface area contributed by atoms with Crippen molar-refractivity contribution in [2.75, 3.05) is 0 Å². The molecule has 0 fully saturated rings. The zero-order valence-corrected chi connectivity index (χ0v) is 15.5. The average molecular weight is 356 g/mol. The first-order valence-electron chi connectivity index (χ1n) is 9.40. The molecule has 0 saturated carbocycles. The Bertz CT molecular complexity index is 968. The van der Waals surface area contributed by atoms with Gasteiger partial charge in [-0.2, -0.15) is 0 Å². The largest absolute Gasteiger partial charge is 0.366 e. The van der Waals surface area contributed by atoms with Crippen molar-refractivity contribution in [2.24, 2.45) is 5.73 Å². The second-order valence-corrected chi connectivity index (χ2v) is 7.35. The lowest BCUT2D eigenvalue weighted by Crippen LogP contribution is -2.28. The van der Waals surface area contributed by atoms with E-state index in [9.17, 15) is 4.79 Å². The average Bonchev–Trinajstić information content (AvgIpc) is 3.09. The summed E-state index contributed by atoms with van der Waals surface area (Å²) in [7, 11) is 0. The maximum absolute atomic E-state index is 11.4. The smallest absolute Gasteiger partial charge is 0.248 e.